The lowest BCUT2D eigenvalue weighted by Crippen LogP contribution is -2.17. The summed E-state index contributed by atoms with van der Waals surface area (Å²) in [7, 11) is 0. The smallest absolute Gasteiger partial charge is 0.143 e. The molecule has 7 aromatic carbocycles. The van der Waals surface area contributed by atoms with Crippen LogP contribution in [0.1, 0.15) is 49.9 Å². The van der Waals surface area contributed by atoms with Crippen molar-refractivity contribution in [3.05, 3.63) is 174 Å². The van der Waals surface area contributed by atoms with Crippen LogP contribution in [0.25, 0.3) is 55.3 Å². The summed E-state index contributed by atoms with van der Waals surface area (Å²) in [5, 5.41) is 2.23. The van der Waals surface area contributed by atoms with Crippen molar-refractivity contribution >= 4 is 39.0 Å². The Bertz CT molecular complexity index is 2660. The summed E-state index contributed by atoms with van der Waals surface area (Å²) in [6, 6.07) is 55.4. The van der Waals surface area contributed by atoms with Crippen molar-refractivity contribution in [3.8, 4) is 33.4 Å². The van der Waals surface area contributed by atoms with E-state index in [0.717, 1.165) is 44.4 Å². The van der Waals surface area contributed by atoms with E-state index in [9.17, 15) is 0 Å². The molecule has 2 nitrogen and oxygen atoms in total. The Labute approximate surface area is 293 Å². The highest BCUT2D eigenvalue weighted by Gasteiger charge is 2.39. The molecular weight excluding hydrogens is 607 g/mol. The minimum Gasteiger partial charge on any atom is -0.455 e. The molecule has 0 saturated carbocycles. The van der Waals surface area contributed by atoms with Gasteiger partial charge in [0.2, 0.25) is 0 Å². The average molecular weight is 644 g/mol. The van der Waals surface area contributed by atoms with Crippen LogP contribution in [0.2, 0.25) is 0 Å². The van der Waals surface area contributed by atoms with Crippen molar-refractivity contribution in [2.24, 2.45) is 0 Å². The van der Waals surface area contributed by atoms with E-state index in [2.05, 4.69) is 184 Å². The molecule has 2 aliphatic rings. The van der Waals surface area contributed by atoms with E-state index in [1.54, 1.807) is 0 Å². The maximum Gasteiger partial charge on any atom is 0.143 e. The van der Waals surface area contributed by atoms with Crippen molar-refractivity contribution in [2.75, 3.05) is 4.90 Å². The molecule has 0 atom stereocenters. The molecule has 1 heterocycles. The lowest BCUT2D eigenvalue weighted by Gasteiger charge is -2.31. The fourth-order valence-electron chi connectivity index (χ4n) is 9.02. The van der Waals surface area contributed by atoms with Gasteiger partial charge in [-0.2, -0.15) is 0 Å². The maximum atomic E-state index is 6.81. The highest BCUT2D eigenvalue weighted by molar-refractivity contribution is 6.16. The first kappa shape index (κ1) is 29.1. The Morgan fingerprint density at radius 3 is 1.88 bits per heavy atom. The zero-order valence-electron chi connectivity index (χ0n) is 28.8. The van der Waals surface area contributed by atoms with Gasteiger partial charge < -0.3 is 9.32 Å². The van der Waals surface area contributed by atoms with E-state index < -0.39 is 0 Å². The van der Waals surface area contributed by atoms with Crippen LogP contribution in [-0.2, 0) is 10.8 Å². The maximum absolute atomic E-state index is 6.81. The SMILES string of the molecule is CC1(C)c2ccccc2-c2ccc(N(c3cccc4c3-c3ccccc3C4(C)C)c3cccc4oc5c(-c6ccccc6)cccc5c34)cc21. The van der Waals surface area contributed by atoms with Crippen molar-refractivity contribution in [1.29, 1.82) is 0 Å². The van der Waals surface area contributed by atoms with Crippen LogP contribution in [0, 0.1) is 0 Å². The minimum absolute atomic E-state index is 0.117. The largest absolute Gasteiger partial charge is 0.455 e. The Morgan fingerprint density at radius 1 is 0.460 bits per heavy atom. The fraction of sp³-hybridized carbons (Fsp3) is 0.125. The van der Waals surface area contributed by atoms with Gasteiger partial charge in [-0.15, -0.1) is 0 Å². The normalized spacial score (nSPS) is 14.7. The number of anilines is 3. The van der Waals surface area contributed by atoms with Gasteiger partial charge in [-0.25, -0.2) is 0 Å². The topological polar surface area (TPSA) is 16.4 Å². The monoisotopic (exact) mass is 643 g/mol. The molecule has 0 fully saturated rings. The summed E-state index contributed by atoms with van der Waals surface area (Å²) >= 11 is 0. The van der Waals surface area contributed by atoms with Gasteiger partial charge in [-0.05, 0) is 74.8 Å². The number of para-hydroxylation sites is 1. The first-order chi connectivity index (χ1) is 24.3. The molecule has 10 rings (SSSR count). The summed E-state index contributed by atoms with van der Waals surface area (Å²) in [6.45, 7) is 9.44. The van der Waals surface area contributed by atoms with Crippen molar-refractivity contribution in [3.63, 3.8) is 0 Å². The lowest BCUT2D eigenvalue weighted by atomic mass is 9.82. The molecule has 0 aliphatic heterocycles. The quantitative estimate of drug-likeness (QED) is 0.190. The Kier molecular flexibility index (Phi) is 6.01. The van der Waals surface area contributed by atoms with Crippen LogP contribution < -0.4 is 4.90 Å². The van der Waals surface area contributed by atoms with Gasteiger partial charge in [0.1, 0.15) is 11.2 Å². The average Bonchev–Trinajstić information content (AvgIpc) is 3.73. The number of furan rings is 1. The fourth-order valence-corrected chi connectivity index (χ4v) is 9.02. The van der Waals surface area contributed by atoms with E-state index in [1.165, 1.54) is 50.2 Å². The van der Waals surface area contributed by atoms with Gasteiger partial charge in [-0.1, -0.05) is 149 Å². The third-order valence-corrected chi connectivity index (χ3v) is 11.5. The molecule has 0 N–H and O–H groups in total. The molecule has 0 amide bonds. The molecule has 2 heteroatoms. The molecule has 0 unspecified atom stereocenters. The molecular formula is C48H37NO. The summed E-state index contributed by atoms with van der Waals surface area (Å²) in [6.07, 6.45) is 0. The van der Waals surface area contributed by atoms with Gasteiger partial charge in [-0.3, -0.25) is 0 Å². The standard InChI is InChI=1S/C48H37NO/c1-47(2)38-22-11-9-18-35(38)44-39(47)23-13-24-41(44)49(31-27-28-34-33-17-8-10-21-37(33)48(3,4)40(34)29-31)42-25-14-26-43-45(42)36-20-12-19-32(46(36)50-43)30-15-6-5-7-16-30/h5-29H,1-4H3. The molecule has 0 spiro atoms. The number of hydrogen-bond acceptors (Lipinski definition) is 2. The Balaban J connectivity index is 1.29. The summed E-state index contributed by atoms with van der Waals surface area (Å²) in [5.74, 6) is 0. The molecule has 240 valence electrons. The predicted molar refractivity (Wildman–Crippen MR) is 209 cm³/mol. The second kappa shape index (κ2) is 10.3. The Hall–Kier alpha value is -5.86. The third-order valence-electron chi connectivity index (χ3n) is 11.5. The van der Waals surface area contributed by atoms with Crippen LogP contribution in [0.4, 0.5) is 17.1 Å². The third kappa shape index (κ3) is 3.91. The van der Waals surface area contributed by atoms with Gasteiger partial charge >= 0.3 is 0 Å². The minimum atomic E-state index is -0.125. The summed E-state index contributed by atoms with van der Waals surface area (Å²) in [5.41, 5.74) is 17.9. The molecule has 0 radical (unpaired) electrons. The molecule has 2 aliphatic carbocycles. The van der Waals surface area contributed by atoms with Crippen LogP contribution in [-0.4, -0.2) is 0 Å². The summed E-state index contributed by atoms with van der Waals surface area (Å²) in [4.78, 5) is 2.50. The van der Waals surface area contributed by atoms with E-state index in [4.69, 9.17) is 4.42 Å². The lowest BCUT2D eigenvalue weighted by molar-refractivity contribution is 0.660. The zero-order valence-corrected chi connectivity index (χ0v) is 28.8. The first-order valence-electron chi connectivity index (χ1n) is 17.6. The first-order valence-corrected chi connectivity index (χ1v) is 17.6. The molecule has 1 aromatic heterocycles. The van der Waals surface area contributed by atoms with Crippen molar-refractivity contribution in [2.45, 2.75) is 38.5 Å². The molecule has 8 aromatic rings. The van der Waals surface area contributed by atoms with Crippen LogP contribution >= 0.6 is 0 Å². The second-order valence-electron chi connectivity index (χ2n) is 14.9. The van der Waals surface area contributed by atoms with E-state index in [0.29, 0.717) is 0 Å². The van der Waals surface area contributed by atoms with Crippen molar-refractivity contribution < 1.29 is 4.42 Å². The molecule has 0 saturated heterocycles. The van der Waals surface area contributed by atoms with E-state index in [-0.39, 0.29) is 10.8 Å². The highest BCUT2D eigenvalue weighted by atomic mass is 16.3. The highest BCUT2D eigenvalue weighted by Crippen LogP contribution is 2.56. The zero-order chi connectivity index (χ0) is 33.8. The number of nitrogens with zero attached hydrogens (tertiary/aromatic N) is 1. The number of hydrogen-bond donors (Lipinski definition) is 0. The molecule has 50 heavy (non-hydrogen) atoms. The predicted octanol–water partition coefficient (Wildman–Crippen LogP) is 13.3. The van der Waals surface area contributed by atoms with Gasteiger partial charge in [0.15, 0.2) is 0 Å². The van der Waals surface area contributed by atoms with Crippen LogP contribution in [0.15, 0.2) is 156 Å². The number of rotatable bonds is 4. The summed E-state index contributed by atoms with van der Waals surface area (Å²) < 4.78 is 6.81. The Morgan fingerprint density at radius 2 is 1.06 bits per heavy atom. The molecule has 0 bridgehead atoms. The van der Waals surface area contributed by atoms with Gasteiger partial charge in [0.25, 0.3) is 0 Å². The van der Waals surface area contributed by atoms with Gasteiger partial charge in [0.05, 0.1) is 16.8 Å². The van der Waals surface area contributed by atoms with Crippen LogP contribution in [0.3, 0.4) is 0 Å². The number of fused-ring (bicyclic) bond motifs is 9. The number of benzene rings is 7. The van der Waals surface area contributed by atoms with Gasteiger partial charge in [0, 0.05) is 33.0 Å². The second-order valence-corrected chi connectivity index (χ2v) is 14.9. The van der Waals surface area contributed by atoms with E-state index >= 15 is 0 Å². The van der Waals surface area contributed by atoms with Crippen LogP contribution in [0.5, 0.6) is 0 Å². The van der Waals surface area contributed by atoms with E-state index in [1.807, 2.05) is 0 Å². The van der Waals surface area contributed by atoms with Crippen molar-refractivity contribution in [1.82, 2.24) is 0 Å².